The number of hydrogen-bond donors (Lipinski definition) is 0. The molecule has 29 heavy (non-hydrogen) atoms. The number of carbonyl (C=O) groups excluding carboxylic acids is 1. The number of halogens is 1. The summed E-state index contributed by atoms with van der Waals surface area (Å²) in [6.45, 7) is 4.90. The monoisotopic (exact) mass is 451 g/mol. The van der Waals surface area contributed by atoms with Crippen LogP contribution in [0.4, 0.5) is 5.69 Å². The maximum Gasteiger partial charge on any atom is 0.259 e. The van der Waals surface area contributed by atoms with E-state index in [1.54, 1.807) is 6.20 Å². The lowest BCUT2D eigenvalue weighted by Crippen LogP contribution is -2.49. The smallest absolute Gasteiger partial charge is 0.259 e. The minimum Gasteiger partial charge on any atom is -0.368 e. The Balaban J connectivity index is 1.46. The Morgan fingerprint density at radius 3 is 2.52 bits per heavy atom. The first-order chi connectivity index (χ1) is 14.0. The van der Waals surface area contributed by atoms with Gasteiger partial charge in [-0.3, -0.25) is 9.59 Å². The fraction of sp³-hybridized carbons (Fsp3) is 0.304. The van der Waals surface area contributed by atoms with Crippen molar-refractivity contribution in [1.82, 2.24) is 9.47 Å². The molecule has 5 rings (SSSR count). The van der Waals surface area contributed by atoms with Crippen LogP contribution in [0.3, 0.4) is 0 Å². The molecule has 3 heterocycles. The van der Waals surface area contributed by atoms with Crippen LogP contribution in [0.25, 0.3) is 10.9 Å². The number of piperazine rings is 1. The van der Waals surface area contributed by atoms with Crippen LogP contribution in [-0.4, -0.2) is 41.6 Å². The molecule has 1 saturated heterocycles. The summed E-state index contributed by atoms with van der Waals surface area (Å²) in [5.74, 6) is -0.158. The summed E-state index contributed by atoms with van der Waals surface area (Å²) in [6.07, 6.45) is 2.66. The third kappa shape index (κ3) is 3.06. The fourth-order valence-corrected chi connectivity index (χ4v) is 5.10. The van der Waals surface area contributed by atoms with Crippen molar-refractivity contribution in [3.63, 3.8) is 0 Å². The zero-order chi connectivity index (χ0) is 20.1. The van der Waals surface area contributed by atoms with E-state index in [-0.39, 0.29) is 22.9 Å². The standard InChI is InChI=1S/C23H22BrN3O2/c1-15-11-16-12-17(24)13-19-21(16)27(15)14-20(22(19)28)23(29)26-9-7-25(8-10-26)18-5-3-2-4-6-18/h2-6,12-15H,7-11H2,1H3/t15-/m0/s1. The van der Waals surface area contributed by atoms with Gasteiger partial charge in [0.15, 0.2) is 0 Å². The number of pyridine rings is 1. The van der Waals surface area contributed by atoms with Crippen molar-refractivity contribution < 1.29 is 4.79 Å². The van der Waals surface area contributed by atoms with Gasteiger partial charge in [0, 0.05) is 54.0 Å². The Morgan fingerprint density at radius 1 is 1.07 bits per heavy atom. The Kier molecular flexibility index (Phi) is 4.46. The molecule has 3 aromatic rings. The van der Waals surface area contributed by atoms with E-state index < -0.39 is 0 Å². The van der Waals surface area contributed by atoms with Crippen LogP contribution < -0.4 is 10.3 Å². The number of aromatic nitrogens is 1. The average molecular weight is 452 g/mol. The van der Waals surface area contributed by atoms with Gasteiger partial charge in [-0.15, -0.1) is 0 Å². The van der Waals surface area contributed by atoms with Crippen molar-refractivity contribution >= 4 is 38.4 Å². The summed E-state index contributed by atoms with van der Waals surface area (Å²) < 4.78 is 2.99. The summed E-state index contributed by atoms with van der Waals surface area (Å²) >= 11 is 3.52. The van der Waals surface area contributed by atoms with Crippen LogP contribution in [0.1, 0.15) is 28.9 Å². The predicted octanol–water partition coefficient (Wildman–Crippen LogP) is 3.84. The predicted molar refractivity (Wildman–Crippen MR) is 119 cm³/mol. The second-order valence-corrected chi connectivity index (χ2v) is 8.82. The first-order valence-corrected chi connectivity index (χ1v) is 10.8. The number of para-hydroxylation sites is 1. The molecular weight excluding hydrogens is 430 g/mol. The van der Waals surface area contributed by atoms with Gasteiger partial charge in [-0.05, 0) is 43.2 Å². The Morgan fingerprint density at radius 2 is 1.79 bits per heavy atom. The van der Waals surface area contributed by atoms with Crippen LogP contribution >= 0.6 is 15.9 Å². The van der Waals surface area contributed by atoms with Crippen molar-refractivity contribution in [3.8, 4) is 0 Å². The van der Waals surface area contributed by atoms with E-state index in [1.807, 2.05) is 29.2 Å². The molecule has 1 atom stereocenters. The van der Waals surface area contributed by atoms with Crippen LogP contribution in [-0.2, 0) is 6.42 Å². The third-order valence-electron chi connectivity index (χ3n) is 6.08. The molecule has 1 fully saturated rings. The molecule has 2 aliphatic heterocycles. The summed E-state index contributed by atoms with van der Waals surface area (Å²) in [6, 6.07) is 14.4. The maximum absolute atomic E-state index is 13.3. The number of benzene rings is 2. The van der Waals surface area contributed by atoms with Gasteiger partial charge in [0.2, 0.25) is 5.43 Å². The van der Waals surface area contributed by atoms with Gasteiger partial charge in [0.05, 0.1) is 5.52 Å². The SMILES string of the molecule is C[C@H]1Cc2cc(Br)cc3c(=O)c(C(=O)N4CCN(c5ccccc5)CC4)cn1c23. The zero-order valence-corrected chi connectivity index (χ0v) is 17.9. The molecule has 148 valence electrons. The number of rotatable bonds is 2. The minimum absolute atomic E-state index is 0.158. The average Bonchev–Trinajstić information content (AvgIpc) is 3.05. The van der Waals surface area contributed by atoms with Crippen molar-refractivity contribution in [1.29, 1.82) is 0 Å². The summed E-state index contributed by atoms with van der Waals surface area (Å²) in [5, 5.41) is 0.632. The summed E-state index contributed by atoms with van der Waals surface area (Å²) in [5.41, 5.74) is 3.42. The van der Waals surface area contributed by atoms with E-state index in [9.17, 15) is 9.59 Å². The van der Waals surface area contributed by atoms with Gasteiger partial charge < -0.3 is 14.4 Å². The highest BCUT2D eigenvalue weighted by molar-refractivity contribution is 9.10. The van der Waals surface area contributed by atoms with Crippen molar-refractivity contribution in [2.24, 2.45) is 0 Å². The van der Waals surface area contributed by atoms with E-state index >= 15 is 0 Å². The molecule has 1 aromatic heterocycles. The molecule has 0 spiro atoms. The van der Waals surface area contributed by atoms with Crippen molar-refractivity contribution in [3.05, 3.63) is 74.5 Å². The first-order valence-electron chi connectivity index (χ1n) is 9.99. The summed E-state index contributed by atoms with van der Waals surface area (Å²) in [4.78, 5) is 30.6. The molecule has 0 radical (unpaired) electrons. The molecule has 1 amide bonds. The third-order valence-corrected chi connectivity index (χ3v) is 6.54. The number of carbonyl (C=O) groups is 1. The fourth-order valence-electron chi connectivity index (χ4n) is 4.59. The molecular formula is C23H22BrN3O2. The quantitative estimate of drug-likeness (QED) is 0.594. The van der Waals surface area contributed by atoms with Gasteiger partial charge in [0.25, 0.3) is 5.91 Å². The van der Waals surface area contributed by atoms with Gasteiger partial charge in [-0.1, -0.05) is 34.1 Å². The van der Waals surface area contributed by atoms with Crippen LogP contribution in [0, 0.1) is 0 Å². The van der Waals surface area contributed by atoms with Crippen molar-refractivity contribution in [2.45, 2.75) is 19.4 Å². The minimum atomic E-state index is -0.164. The highest BCUT2D eigenvalue weighted by Gasteiger charge is 2.28. The normalized spacial score (nSPS) is 18.5. The topological polar surface area (TPSA) is 45.6 Å². The van der Waals surface area contributed by atoms with E-state index in [2.05, 4.69) is 50.5 Å². The molecule has 0 saturated carbocycles. The zero-order valence-electron chi connectivity index (χ0n) is 16.3. The Bertz CT molecular complexity index is 1160. The molecule has 0 unspecified atom stereocenters. The lowest BCUT2D eigenvalue weighted by molar-refractivity contribution is 0.0745. The van der Waals surface area contributed by atoms with Gasteiger partial charge in [0.1, 0.15) is 5.56 Å². The largest absolute Gasteiger partial charge is 0.368 e. The highest BCUT2D eigenvalue weighted by atomic mass is 79.9. The molecule has 0 bridgehead atoms. The molecule has 2 aromatic carbocycles. The van der Waals surface area contributed by atoms with Crippen LogP contribution in [0.5, 0.6) is 0 Å². The van der Waals surface area contributed by atoms with E-state index in [4.69, 9.17) is 0 Å². The molecule has 2 aliphatic rings. The number of amides is 1. The second kappa shape index (κ2) is 7.02. The van der Waals surface area contributed by atoms with Crippen molar-refractivity contribution in [2.75, 3.05) is 31.1 Å². The number of hydrogen-bond acceptors (Lipinski definition) is 3. The van der Waals surface area contributed by atoms with Gasteiger partial charge in [-0.2, -0.15) is 0 Å². The second-order valence-electron chi connectivity index (χ2n) is 7.91. The maximum atomic E-state index is 13.3. The highest BCUT2D eigenvalue weighted by Crippen LogP contribution is 2.33. The van der Waals surface area contributed by atoms with Crippen LogP contribution in [0.2, 0.25) is 0 Å². The van der Waals surface area contributed by atoms with E-state index in [1.165, 1.54) is 5.69 Å². The molecule has 0 aliphatic carbocycles. The summed E-state index contributed by atoms with van der Waals surface area (Å²) in [7, 11) is 0. The lowest BCUT2D eigenvalue weighted by Gasteiger charge is -2.36. The first kappa shape index (κ1) is 18.4. The molecule has 5 nitrogen and oxygen atoms in total. The van der Waals surface area contributed by atoms with Crippen LogP contribution in [0.15, 0.2) is 57.9 Å². The lowest BCUT2D eigenvalue weighted by atomic mass is 10.1. The van der Waals surface area contributed by atoms with Gasteiger partial charge >= 0.3 is 0 Å². The van der Waals surface area contributed by atoms with E-state index in [0.717, 1.165) is 35.1 Å². The molecule has 0 N–H and O–H groups in total. The Labute approximate surface area is 177 Å². The van der Waals surface area contributed by atoms with E-state index in [0.29, 0.717) is 18.5 Å². The number of nitrogens with zero attached hydrogens (tertiary/aromatic N) is 3. The van der Waals surface area contributed by atoms with Gasteiger partial charge in [-0.25, -0.2) is 0 Å². The molecule has 6 heteroatoms. The number of anilines is 1. The Hall–Kier alpha value is -2.60.